The number of phenolic OH excluding ortho intramolecular Hbond substituents is 1. The maximum atomic E-state index is 13.3. The third-order valence-electron chi connectivity index (χ3n) is 2.66. The van der Waals surface area contributed by atoms with Gasteiger partial charge >= 0.3 is 0 Å². The van der Waals surface area contributed by atoms with E-state index in [4.69, 9.17) is 15.4 Å². The summed E-state index contributed by atoms with van der Waals surface area (Å²) in [5.74, 6) is -0.379. The first-order valence-electron chi connectivity index (χ1n) is 5.68. The number of anilines is 1. The van der Waals surface area contributed by atoms with Crippen molar-refractivity contribution in [3.63, 3.8) is 0 Å². The molecule has 0 saturated heterocycles. The molecule has 0 atom stereocenters. The van der Waals surface area contributed by atoms with Crippen LogP contribution in [0.15, 0.2) is 41.1 Å². The molecule has 0 unspecified atom stereocenters. The first-order valence-corrected chi connectivity index (χ1v) is 5.68. The predicted molar refractivity (Wildman–Crippen MR) is 69.0 cm³/mol. The van der Waals surface area contributed by atoms with Gasteiger partial charge in [-0.1, -0.05) is 5.16 Å². The molecule has 100 valence electrons. The highest BCUT2D eigenvalue weighted by Crippen LogP contribution is 2.25. The number of hydrogen-bond donors (Lipinski definition) is 2. The largest absolute Gasteiger partial charge is 0.505 e. The number of halogens is 1. The summed E-state index contributed by atoms with van der Waals surface area (Å²) in [4.78, 5) is 8.02. The number of nitrogens with zero attached hydrogens (tertiary/aromatic N) is 3. The molecule has 3 N–H and O–H groups in total. The van der Waals surface area contributed by atoms with Crippen LogP contribution in [-0.2, 0) is 0 Å². The molecule has 3 rings (SSSR count). The molecule has 6 nitrogen and oxygen atoms in total. The van der Waals surface area contributed by atoms with Crippen molar-refractivity contribution in [2.75, 3.05) is 5.73 Å². The third-order valence-corrected chi connectivity index (χ3v) is 2.66. The second-order valence-electron chi connectivity index (χ2n) is 4.06. The van der Waals surface area contributed by atoms with Gasteiger partial charge in [0.25, 0.3) is 5.89 Å². The van der Waals surface area contributed by atoms with Crippen molar-refractivity contribution in [2.45, 2.75) is 0 Å². The zero-order chi connectivity index (χ0) is 14.1. The van der Waals surface area contributed by atoms with Gasteiger partial charge in [0.1, 0.15) is 5.82 Å². The second-order valence-corrected chi connectivity index (χ2v) is 4.06. The molecule has 0 radical (unpaired) electrons. The van der Waals surface area contributed by atoms with Crippen molar-refractivity contribution in [1.82, 2.24) is 15.1 Å². The fourth-order valence-corrected chi connectivity index (χ4v) is 1.69. The summed E-state index contributed by atoms with van der Waals surface area (Å²) in [7, 11) is 0. The average molecular weight is 272 g/mol. The summed E-state index contributed by atoms with van der Waals surface area (Å²) in [5, 5.41) is 12.9. The van der Waals surface area contributed by atoms with Crippen LogP contribution in [0.25, 0.3) is 22.8 Å². The van der Waals surface area contributed by atoms with E-state index in [0.717, 1.165) is 6.07 Å². The monoisotopic (exact) mass is 272 g/mol. The van der Waals surface area contributed by atoms with Gasteiger partial charge in [0, 0.05) is 17.3 Å². The van der Waals surface area contributed by atoms with Crippen molar-refractivity contribution in [3.05, 3.63) is 42.3 Å². The molecule has 3 aromatic rings. The van der Waals surface area contributed by atoms with E-state index in [2.05, 4.69) is 15.1 Å². The Labute approximate surface area is 112 Å². The standard InChI is InChI=1S/C13H9FN4O2/c14-9-5-7(1-2-10(9)19)12-17-13(20-18-12)8-3-4-16-11(15)6-8/h1-6,19H,(H2,15,16). The quantitative estimate of drug-likeness (QED) is 0.742. The first kappa shape index (κ1) is 12.1. The number of rotatable bonds is 2. The highest BCUT2D eigenvalue weighted by atomic mass is 19.1. The number of pyridine rings is 1. The van der Waals surface area contributed by atoms with Crippen LogP contribution in [0.2, 0.25) is 0 Å². The van der Waals surface area contributed by atoms with Gasteiger partial charge in [-0.25, -0.2) is 9.37 Å². The Morgan fingerprint density at radius 1 is 1.15 bits per heavy atom. The lowest BCUT2D eigenvalue weighted by Crippen LogP contribution is -1.89. The molecule has 7 heteroatoms. The number of nitrogen functional groups attached to an aromatic ring is 1. The SMILES string of the molecule is Nc1cc(-c2nc(-c3ccc(O)c(F)c3)no2)ccn1. The second kappa shape index (κ2) is 4.61. The number of phenols is 1. The summed E-state index contributed by atoms with van der Waals surface area (Å²) >= 11 is 0. The van der Waals surface area contributed by atoms with Gasteiger partial charge in [-0.3, -0.25) is 0 Å². The topological polar surface area (TPSA) is 98.1 Å². The van der Waals surface area contributed by atoms with Gasteiger partial charge in [-0.2, -0.15) is 4.98 Å². The van der Waals surface area contributed by atoms with E-state index in [1.54, 1.807) is 12.1 Å². The van der Waals surface area contributed by atoms with Gasteiger partial charge in [0.2, 0.25) is 5.82 Å². The summed E-state index contributed by atoms with van der Waals surface area (Å²) < 4.78 is 18.4. The molecule has 0 aliphatic heterocycles. The Hall–Kier alpha value is -2.96. The number of aromatic hydroxyl groups is 1. The minimum absolute atomic E-state index is 0.217. The van der Waals surface area contributed by atoms with E-state index in [1.807, 2.05) is 0 Å². The molecule has 0 aliphatic rings. The average Bonchev–Trinajstić information content (AvgIpc) is 2.92. The number of benzene rings is 1. The molecular formula is C13H9FN4O2. The van der Waals surface area contributed by atoms with E-state index in [1.165, 1.54) is 18.3 Å². The van der Waals surface area contributed by atoms with Crippen LogP contribution in [0.3, 0.4) is 0 Å². The van der Waals surface area contributed by atoms with Crippen molar-refractivity contribution < 1.29 is 14.0 Å². The predicted octanol–water partition coefficient (Wildman–Crippen LogP) is 2.23. The molecule has 0 fully saturated rings. The lowest BCUT2D eigenvalue weighted by Gasteiger charge is -1.97. The fourth-order valence-electron chi connectivity index (χ4n) is 1.69. The van der Waals surface area contributed by atoms with Crippen molar-refractivity contribution in [2.24, 2.45) is 0 Å². The van der Waals surface area contributed by atoms with Crippen LogP contribution in [0.5, 0.6) is 5.75 Å². The minimum Gasteiger partial charge on any atom is -0.505 e. The third kappa shape index (κ3) is 2.16. The summed E-state index contributed by atoms with van der Waals surface area (Å²) in [6.07, 6.45) is 1.52. The Morgan fingerprint density at radius 2 is 2.00 bits per heavy atom. The van der Waals surface area contributed by atoms with Gasteiger partial charge in [-0.05, 0) is 30.3 Å². The molecule has 0 aliphatic carbocycles. The number of nitrogens with two attached hydrogens (primary N) is 1. The Balaban J connectivity index is 1.99. The molecule has 0 spiro atoms. The summed E-state index contributed by atoms with van der Waals surface area (Å²) in [6, 6.07) is 7.11. The van der Waals surface area contributed by atoms with E-state index < -0.39 is 11.6 Å². The normalized spacial score (nSPS) is 10.7. The van der Waals surface area contributed by atoms with Gasteiger partial charge in [0.15, 0.2) is 11.6 Å². The van der Waals surface area contributed by atoms with Crippen molar-refractivity contribution in [1.29, 1.82) is 0 Å². The zero-order valence-corrected chi connectivity index (χ0v) is 10.1. The summed E-state index contributed by atoms with van der Waals surface area (Å²) in [6.45, 7) is 0. The van der Waals surface area contributed by atoms with Crippen molar-refractivity contribution in [3.8, 4) is 28.6 Å². The maximum Gasteiger partial charge on any atom is 0.258 e. The van der Waals surface area contributed by atoms with E-state index >= 15 is 0 Å². The van der Waals surface area contributed by atoms with Crippen LogP contribution in [-0.4, -0.2) is 20.2 Å². The van der Waals surface area contributed by atoms with E-state index in [-0.39, 0.29) is 11.7 Å². The molecular weight excluding hydrogens is 263 g/mol. The van der Waals surface area contributed by atoms with Gasteiger partial charge in [-0.15, -0.1) is 0 Å². The first-order chi connectivity index (χ1) is 9.63. The van der Waals surface area contributed by atoms with Gasteiger partial charge < -0.3 is 15.4 Å². The molecule has 2 heterocycles. The highest BCUT2D eigenvalue weighted by Gasteiger charge is 2.12. The van der Waals surface area contributed by atoms with Crippen LogP contribution in [0, 0.1) is 5.82 Å². The molecule has 2 aromatic heterocycles. The Kier molecular flexibility index (Phi) is 2.79. The lowest BCUT2D eigenvalue weighted by atomic mass is 10.2. The number of aromatic nitrogens is 3. The smallest absolute Gasteiger partial charge is 0.258 e. The Morgan fingerprint density at radius 3 is 2.75 bits per heavy atom. The molecule has 20 heavy (non-hydrogen) atoms. The Bertz CT molecular complexity index is 773. The fraction of sp³-hybridized carbons (Fsp3) is 0. The van der Waals surface area contributed by atoms with Crippen LogP contribution in [0.4, 0.5) is 10.2 Å². The highest BCUT2D eigenvalue weighted by molar-refractivity contribution is 5.61. The van der Waals surface area contributed by atoms with Crippen molar-refractivity contribution >= 4 is 5.82 Å². The molecule has 0 bridgehead atoms. The maximum absolute atomic E-state index is 13.3. The number of hydrogen-bond acceptors (Lipinski definition) is 6. The van der Waals surface area contributed by atoms with E-state index in [0.29, 0.717) is 16.9 Å². The molecule has 0 saturated carbocycles. The summed E-state index contributed by atoms with van der Waals surface area (Å²) in [5.41, 5.74) is 6.59. The molecule has 0 amide bonds. The molecule has 1 aromatic carbocycles. The van der Waals surface area contributed by atoms with Crippen LogP contribution >= 0.6 is 0 Å². The zero-order valence-electron chi connectivity index (χ0n) is 10.1. The van der Waals surface area contributed by atoms with Gasteiger partial charge in [0.05, 0.1) is 0 Å². The lowest BCUT2D eigenvalue weighted by molar-refractivity contribution is 0.430. The minimum atomic E-state index is -0.748. The van der Waals surface area contributed by atoms with Crippen LogP contribution in [0.1, 0.15) is 0 Å². The van der Waals surface area contributed by atoms with E-state index in [9.17, 15) is 4.39 Å². The van der Waals surface area contributed by atoms with Crippen LogP contribution < -0.4 is 5.73 Å².